The predicted molar refractivity (Wildman–Crippen MR) is 72.6 cm³/mol. The van der Waals surface area contributed by atoms with Crippen molar-refractivity contribution in [1.82, 2.24) is 15.1 Å². The Kier molecular flexibility index (Phi) is 4.09. The maximum atomic E-state index is 12.1. The number of carbonyl (C=O) groups is 1. The summed E-state index contributed by atoms with van der Waals surface area (Å²) in [4.78, 5) is 12.1. The van der Waals surface area contributed by atoms with E-state index in [-0.39, 0.29) is 17.9 Å². The number of aromatic nitrogens is 2. The lowest BCUT2D eigenvalue weighted by Gasteiger charge is -2.35. The molecule has 1 fully saturated rings. The Morgan fingerprint density at radius 2 is 2.21 bits per heavy atom. The molecule has 0 spiro atoms. The van der Waals surface area contributed by atoms with Crippen molar-refractivity contribution in [3.8, 4) is 0 Å². The number of hydrogen-bond donors (Lipinski definition) is 3. The number of anilines is 1. The molecular formula is C13H22N4O2. The zero-order chi connectivity index (χ0) is 13.9. The topological polar surface area (TPSA) is 93.2 Å². The molecule has 0 bridgehead atoms. The lowest BCUT2D eigenvalue weighted by Crippen LogP contribution is -2.41. The van der Waals surface area contributed by atoms with Gasteiger partial charge in [0.2, 0.25) is 0 Å². The minimum atomic E-state index is -0.219. The molecule has 1 amide bonds. The van der Waals surface area contributed by atoms with Crippen molar-refractivity contribution in [2.45, 2.75) is 32.1 Å². The highest BCUT2D eigenvalue weighted by atomic mass is 16.3. The van der Waals surface area contributed by atoms with Crippen molar-refractivity contribution in [3.05, 3.63) is 11.8 Å². The van der Waals surface area contributed by atoms with Crippen LogP contribution in [0.4, 0.5) is 5.82 Å². The molecule has 1 aromatic heterocycles. The number of nitrogens with zero attached hydrogens (tertiary/aromatic N) is 2. The SMILES string of the molecule is Cn1ncc(C(=O)NCC2(CO)CCCCC2)c1N. The van der Waals surface area contributed by atoms with E-state index in [1.807, 2.05) is 0 Å². The molecule has 0 aromatic carbocycles. The van der Waals surface area contributed by atoms with Gasteiger partial charge in [0, 0.05) is 19.0 Å². The zero-order valence-electron chi connectivity index (χ0n) is 11.4. The van der Waals surface area contributed by atoms with Gasteiger partial charge in [-0.05, 0) is 12.8 Å². The summed E-state index contributed by atoms with van der Waals surface area (Å²) in [5, 5.41) is 16.4. The number of aliphatic hydroxyl groups is 1. The van der Waals surface area contributed by atoms with Crippen LogP contribution in [0.3, 0.4) is 0 Å². The number of nitrogens with one attached hydrogen (secondary N) is 1. The predicted octanol–water partition coefficient (Wildman–Crippen LogP) is 0.675. The van der Waals surface area contributed by atoms with Crippen LogP contribution in [-0.2, 0) is 7.05 Å². The molecule has 106 valence electrons. The average Bonchev–Trinajstić information content (AvgIpc) is 2.77. The molecule has 1 aliphatic carbocycles. The van der Waals surface area contributed by atoms with E-state index >= 15 is 0 Å². The van der Waals surface area contributed by atoms with Gasteiger partial charge in [-0.15, -0.1) is 0 Å². The summed E-state index contributed by atoms with van der Waals surface area (Å²) in [6, 6.07) is 0. The molecule has 0 saturated heterocycles. The summed E-state index contributed by atoms with van der Waals surface area (Å²) in [7, 11) is 1.70. The number of rotatable bonds is 4. The Labute approximate surface area is 113 Å². The number of aliphatic hydroxyl groups excluding tert-OH is 1. The van der Waals surface area contributed by atoms with Crippen LogP contribution in [-0.4, -0.2) is 33.9 Å². The highest BCUT2D eigenvalue weighted by molar-refractivity contribution is 5.98. The molecule has 19 heavy (non-hydrogen) atoms. The fourth-order valence-corrected chi connectivity index (χ4v) is 2.68. The third-order valence-electron chi connectivity index (χ3n) is 4.10. The van der Waals surface area contributed by atoms with Crippen molar-refractivity contribution in [2.75, 3.05) is 18.9 Å². The summed E-state index contributed by atoms with van der Waals surface area (Å²) in [6.07, 6.45) is 6.85. The number of nitrogen functional groups attached to an aromatic ring is 1. The summed E-state index contributed by atoms with van der Waals surface area (Å²) >= 11 is 0. The van der Waals surface area contributed by atoms with E-state index < -0.39 is 0 Å². The van der Waals surface area contributed by atoms with Gasteiger partial charge in [-0.3, -0.25) is 9.48 Å². The van der Waals surface area contributed by atoms with E-state index in [0.717, 1.165) is 25.7 Å². The summed E-state index contributed by atoms with van der Waals surface area (Å²) in [5.41, 5.74) is 6.00. The average molecular weight is 266 g/mol. The maximum absolute atomic E-state index is 12.1. The first-order valence-corrected chi connectivity index (χ1v) is 6.74. The largest absolute Gasteiger partial charge is 0.396 e. The third kappa shape index (κ3) is 2.89. The van der Waals surface area contributed by atoms with Crippen LogP contribution < -0.4 is 11.1 Å². The number of aryl methyl sites for hydroxylation is 1. The monoisotopic (exact) mass is 266 g/mol. The van der Waals surface area contributed by atoms with Gasteiger partial charge in [-0.1, -0.05) is 19.3 Å². The number of carbonyl (C=O) groups excluding carboxylic acids is 1. The molecule has 4 N–H and O–H groups in total. The fraction of sp³-hybridized carbons (Fsp3) is 0.692. The van der Waals surface area contributed by atoms with Crippen LogP contribution in [0.1, 0.15) is 42.5 Å². The van der Waals surface area contributed by atoms with Crippen LogP contribution in [0.2, 0.25) is 0 Å². The lowest BCUT2D eigenvalue weighted by atomic mass is 9.74. The Morgan fingerprint density at radius 3 is 2.74 bits per heavy atom. The third-order valence-corrected chi connectivity index (χ3v) is 4.10. The molecule has 1 heterocycles. The van der Waals surface area contributed by atoms with E-state index in [1.165, 1.54) is 17.3 Å². The second kappa shape index (κ2) is 5.61. The van der Waals surface area contributed by atoms with E-state index in [1.54, 1.807) is 7.05 Å². The van der Waals surface area contributed by atoms with Gasteiger partial charge in [0.25, 0.3) is 5.91 Å². The zero-order valence-corrected chi connectivity index (χ0v) is 11.4. The van der Waals surface area contributed by atoms with Gasteiger partial charge in [0.05, 0.1) is 12.8 Å². The second-order valence-corrected chi connectivity index (χ2v) is 5.47. The van der Waals surface area contributed by atoms with Gasteiger partial charge in [0.15, 0.2) is 0 Å². The molecule has 0 atom stereocenters. The van der Waals surface area contributed by atoms with E-state index in [4.69, 9.17) is 5.73 Å². The standard InChI is InChI=1S/C13H22N4O2/c1-17-11(14)10(7-16-17)12(19)15-8-13(9-18)5-3-2-4-6-13/h7,18H,2-6,8-9,14H2,1H3,(H,15,19). The molecule has 6 heteroatoms. The first kappa shape index (κ1) is 13.9. The number of amides is 1. The Morgan fingerprint density at radius 1 is 1.53 bits per heavy atom. The van der Waals surface area contributed by atoms with Crippen LogP contribution >= 0.6 is 0 Å². The highest BCUT2D eigenvalue weighted by Gasteiger charge is 2.32. The van der Waals surface area contributed by atoms with Gasteiger partial charge in [-0.2, -0.15) is 5.10 Å². The molecule has 1 aliphatic rings. The number of nitrogens with two attached hydrogens (primary N) is 1. The van der Waals surface area contributed by atoms with Crippen molar-refractivity contribution in [3.63, 3.8) is 0 Å². The summed E-state index contributed by atoms with van der Waals surface area (Å²) < 4.78 is 1.47. The van der Waals surface area contributed by atoms with Crippen LogP contribution in [0.5, 0.6) is 0 Å². The van der Waals surface area contributed by atoms with Crippen molar-refractivity contribution >= 4 is 11.7 Å². The van der Waals surface area contributed by atoms with Crippen LogP contribution in [0, 0.1) is 5.41 Å². The molecule has 1 saturated carbocycles. The van der Waals surface area contributed by atoms with Crippen LogP contribution in [0.15, 0.2) is 6.20 Å². The van der Waals surface area contributed by atoms with E-state index in [2.05, 4.69) is 10.4 Å². The van der Waals surface area contributed by atoms with Crippen LogP contribution in [0.25, 0.3) is 0 Å². The van der Waals surface area contributed by atoms with Gasteiger partial charge in [0.1, 0.15) is 11.4 Å². The number of hydrogen-bond acceptors (Lipinski definition) is 4. The van der Waals surface area contributed by atoms with Crippen molar-refractivity contribution in [2.24, 2.45) is 12.5 Å². The molecule has 0 aliphatic heterocycles. The molecule has 1 aromatic rings. The van der Waals surface area contributed by atoms with E-state index in [0.29, 0.717) is 17.9 Å². The Bertz CT molecular complexity index is 449. The molecule has 0 unspecified atom stereocenters. The molecule has 0 radical (unpaired) electrons. The quantitative estimate of drug-likeness (QED) is 0.747. The Balaban J connectivity index is 1.97. The molecular weight excluding hydrogens is 244 g/mol. The summed E-state index contributed by atoms with van der Waals surface area (Å²) in [6.45, 7) is 0.618. The van der Waals surface area contributed by atoms with Gasteiger partial charge < -0.3 is 16.2 Å². The highest BCUT2D eigenvalue weighted by Crippen LogP contribution is 2.35. The van der Waals surface area contributed by atoms with Crippen molar-refractivity contribution < 1.29 is 9.90 Å². The summed E-state index contributed by atoms with van der Waals surface area (Å²) in [5.74, 6) is 0.142. The fourth-order valence-electron chi connectivity index (χ4n) is 2.68. The molecule has 2 rings (SSSR count). The normalized spacial score (nSPS) is 18.2. The molecule has 6 nitrogen and oxygen atoms in total. The van der Waals surface area contributed by atoms with Gasteiger partial charge >= 0.3 is 0 Å². The van der Waals surface area contributed by atoms with E-state index in [9.17, 15) is 9.90 Å². The first-order valence-electron chi connectivity index (χ1n) is 6.74. The first-order chi connectivity index (χ1) is 9.08. The van der Waals surface area contributed by atoms with Gasteiger partial charge in [-0.25, -0.2) is 0 Å². The smallest absolute Gasteiger partial charge is 0.256 e. The lowest BCUT2D eigenvalue weighted by molar-refractivity contribution is 0.0718. The Hall–Kier alpha value is -1.56. The van der Waals surface area contributed by atoms with Crippen molar-refractivity contribution in [1.29, 1.82) is 0 Å². The minimum absolute atomic E-state index is 0.121. The maximum Gasteiger partial charge on any atom is 0.256 e. The second-order valence-electron chi connectivity index (χ2n) is 5.47. The minimum Gasteiger partial charge on any atom is -0.396 e.